The number of cyclic esters (lactones) is 1. The molecule has 1 aromatic carbocycles. The number of aliphatic imine (C=N–C) groups is 1. The maximum atomic E-state index is 12.3. The van der Waals surface area contributed by atoms with Crippen LogP contribution in [0.5, 0.6) is 0 Å². The number of benzene rings is 1. The normalized spacial score (nSPS) is 24.0. The van der Waals surface area contributed by atoms with E-state index in [4.69, 9.17) is 16.3 Å². The van der Waals surface area contributed by atoms with Gasteiger partial charge < -0.3 is 10.1 Å². The fraction of sp³-hybridized carbons (Fsp3) is 0.421. The number of hydrazine groups is 1. The van der Waals surface area contributed by atoms with Crippen molar-refractivity contribution in [3.8, 4) is 0 Å². The van der Waals surface area contributed by atoms with Gasteiger partial charge in [0, 0.05) is 12.7 Å². The van der Waals surface area contributed by atoms with E-state index in [1.165, 1.54) is 11.8 Å². The maximum absolute atomic E-state index is 12.3. The van der Waals surface area contributed by atoms with E-state index in [9.17, 15) is 9.59 Å². The van der Waals surface area contributed by atoms with Gasteiger partial charge in [-0.2, -0.15) is 0 Å². The predicted octanol–water partition coefficient (Wildman–Crippen LogP) is 2.41. The van der Waals surface area contributed by atoms with E-state index in [2.05, 4.69) is 15.3 Å². The van der Waals surface area contributed by atoms with Crippen molar-refractivity contribution in [2.45, 2.75) is 17.8 Å². The van der Waals surface area contributed by atoms with Gasteiger partial charge >= 0.3 is 6.09 Å². The molecule has 1 N–H and O–H groups in total. The summed E-state index contributed by atoms with van der Waals surface area (Å²) in [5, 5.41) is 6.70. The first-order valence-corrected chi connectivity index (χ1v) is 10.7. The van der Waals surface area contributed by atoms with E-state index in [0.29, 0.717) is 17.3 Å². The molecule has 1 saturated heterocycles. The molecule has 0 radical (unpaired) electrons. The SMILES string of the molecule is CN1C=NCCN1c1ccc(N2C[C@H](CNC(=O)C3CC=C(Cl)S3)OC2=O)cc1. The molecule has 3 aliphatic heterocycles. The Morgan fingerprint density at radius 3 is 2.79 bits per heavy atom. The van der Waals surface area contributed by atoms with Crippen molar-refractivity contribution in [1.29, 1.82) is 0 Å². The summed E-state index contributed by atoms with van der Waals surface area (Å²) in [6.45, 7) is 2.23. The van der Waals surface area contributed by atoms with Crippen LogP contribution in [0.15, 0.2) is 39.7 Å². The molecule has 3 heterocycles. The van der Waals surface area contributed by atoms with E-state index in [1.807, 2.05) is 42.4 Å². The number of rotatable bonds is 5. The van der Waals surface area contributed by atoms with Crippen LogP contribution in [-0.4, -0.2) is 67.9 Å². The number of nitrogens with zero attached hydrogens (tertiary/aromatic N) is 4. The van der Waals surface area contributed by atoms with Crippen molar-refractivity contribution in [2.75, 3.05) is 43.1 Å². The van der Waals surface area contributed by atoms with E-state index >= 15 is 0 Å². The van der Waals surface area contributed by atoms with Crippen LogP contribution >= 0.6 is 23.4 Å². The Morgan fingerprint density at radius 2 is 2.10 bits per heavy atom. The molecule has 8 nitrogen and oxygen atoms in total. The lowest BCUT2D eigenvalue weighted by molar-refractivity contribution is -0.120. The zero-order chi connectivity index (χ0) is 20.4. The summed E-state index contributed by atoms with van der Waals surface area (Å²) in [7, 11) is 1.95. The molecular formula is C19H22ClN5O3S. The van der Waals surface area contributed by atoms with E-state index < -0.39 is 6.09 Å². The molecule has 154 valence electrons. The van der Waals surface area contributed by atoms with Gasteiger partial charge in [-0.15, -0.1) is 11.8 Å². The monoisotopic (exact) mass is 435 g/mol. The van der Waals surface area contributed by atoms with Gasteiger partial charge in [-0.1, -0.05) is 17.7 Å². The van der Waals surface area contributed by atoms with Gasteiger partial charge in [-0.05, 0) is 30.7 Å². The fourth-order valence-corrected chi connectivity index (χ4v) is 4.68. The second-order valence-electron chi connectivity index (χ2n) is 6.95. The lowest BCUT2D eigenvalue weighted by atomic mass is 10.2. The number of thioether (sulfide) groups is 1. The van der Waals surface area contributed by atoms with Crippen LogP contribution in [0.1, 0.15) is 6.42 Å². The molecule has 4 rings (SSSR count). The Hall–Kier alpha value is -2.39. The van der Waals surface area contributed by atoms with Crippen LogP contribution in [0.3, 0.4) is 0 Å². The molecule has 29 heavy (non-hydrogen) atoms. The quantitative estimate of drug-likeness (QED) is 0.765. The topological polar surface area (TPSA) is 77.5 Å². The third-order valence-electron chi connectivity index (χ3n) is 4.95. The molecule has 0 aliphatic carbocycles. The van der Waals surface area contributed by atoms with Crippen LogP contribution in [0, 0.1) is 0 Å². The summed E-state index contributed by atoms with van der Waals surface area (Å²) in [6, 6.07) is 7.75. The van der Waals surface area contributed by atoms with Crippen molar-refractivity contribution in [2.24, 2.45) is 4.99 Å². The van der Waals surface area contributed by atoms with E-state index in [1.54, 1.807) is 11.2 Å². The predicted molar refractivity (Wildman–Crippen MR) is 115 cm³/mol. The number of carbonyl (C=O) groups excluding carboxylic acids is 2. The highest BCUT2D eigenvalue weighted by atomic mass is 35.5. The standard InChI is InChI=1S/C19H22ClN5O3S/c1-23-12-21-8-9-25(23)14-4-2-13(3-5-14)24-11-15(28-19(24)27)10-22-18(26)16-6-7-17(20)29-16/h2-5,7,12,15-16H,6,8-11H2,1H3,(H,22,26)/t15-,16?/m0/s1. The number of halogens is 1. The van der Waals surface area contributed by atoms with Crippen LogP contribution in [0.2, 0.25) is 0 Å². The van der Waals surface area contributed by atoms with Crippen molar-refractivity contribution >= 4 is 53.1 Å². The Bertz CT molecular complexity index is 847. The van der Waals surface area contributed by atoms with Gasteiger partial charge in [0.1, 0.15) is 12.4 Å². The molecule has 0 aromatic heterocycles. The highest BCUT2D eigenvalue weighted by Crippen LogP contribution is 2.34. The minimum absolute atomic E-state index is 0.0880. The average molecular weight is 436 g/mol. The number of carbonyl (C=O) groups is 2. The highest BCUT2D eigenvalue weighted by molar-refractivity contribution is 8.06. The number of anilines is 2. The second-order valence-corrected chi connectivity index (χ2v) is 8.82. The summed E-state index contributed by atoms with van der Waals surface area (Å²) >= 11 is 7.26. The van der Waals surface area contributed by atoms with Crippen LogP contribution in [0.25, 0.3) is 0 Å². The van der Waals surface area contributed by atoms with Crippen molar-refractivity contribution in [1.82, 2.24) is 10.3 Å². The van der Waals surface area contributed by atoms with Crippen molar-refractivity contribution in [3.05, 3.63) is 34.7 Å². The fourth-order valence-electron chi connectivity index (χ4n) is 3.42. The molecule has 2 atom stereocenters. The smallest absolute Gasteiger partial charge is 0.414 e. The van der Waals surface area contributed by atoms with E-state index in [0.717, 1.165) is 24.5 Å². The third-order valence-corrected chi connectivity index (χ3v) is 6.45. The highest BCUT2D eigenvalue weighted by Gasteiger charge is 2.33. The molecule has 0 bridgehead atoms. The molecule has 3 aliphatic rings. The largest absolute Gasteiger partial charge is 0.442 e. The first-order chi connectivity index (χ1) is 14.0. The Balaban J connectivity index is 1.32. The lowest BCUT2D eigenvalue weighted by Crippen LogP contribution is -2.43. The number of ether oxygens (including phenoxy) is 1. The van der Waals surface area contributed by atoms with Gasteiger partial charge in [0.15, 0.2) is 0 Å². The Labute approximate surface area is 178 Å². The lowest BCUT2D eigenvalue weighted by Gasteiger charge is -2.34. The molecule has 1 unspecified atom stereocenters. The van der Waals surface area contributed by atoms with Crippen LogP contribution in [-0.2, 0) is 9.53 Å². The first-order valence-electron chi connectivity index (χ1n) is 9.40. The second kappa shape index (κ2) is 8.54. The van der Waals surface area contributed by atoms with Crippen molar-refractivity contribution in [3.63, 3.8) is 0 Å². The number of amides is 2. The number of hydrogen-bond donors (Lipinski definition) is 1. The maximum Gasteiger partial charge on any atom is 0.414 e. The summed E-state index contributed by atoms with van der Waals surface area (Å²) < 4.78 is 6.06. The Morgan fingerprint density at radius 1 is 1.34 bits per heavy atom. The zero-order valence-corrected chi connectivity index (χ0v) is 17.5. The molecule has 10 heteroatoms. The van der Waals surface area contributed by atoms with Crippen LogP contribution < -0.4 is 15.2 Å². The van der Waals surface area contributed by atoms with Gasteiger partial charge in [0.2, 0.25) is 5.91 Å². The first kappa shape index (κ1) is 19.9. The summed E-state index contributed by atoms with van der Waals surface area (Å²) in [4.78, 5) is 30.3. The van der Waals surface area contributed by atoms with Crippen LogP contribution in [0.4, 0.5) is 16.2 Å². The molecule has 0 saturated carbocycles. The summed E-state index contributed by atoms with van der Waals surface area (Å²) in [5.41, 5.74) is 1.79. The number of nitrogens with one attached hydrogen (secondary N) is 1. The molecule has 0 spiro atoms. The molecule has 1 fully saturated rings. The van der Waals surface area contributed by atoms with Gasteiger partial charge in [0.05, 0.1) is 41.5 Å². The van der Waals surface area contributed by atoms with Gasteiger partial charge in [-0.3, -0.25) is 24.7 Å². The summed E-state index contributed by atoms with van der Waals surface area (Å²) in [5.74, 6) is -0.0880. The minimum atomic E-state index is -0.404. The van der Waals surface area contributed by atoms with Crippen molar-refractivity contribution < 1.29 is 14.3 Å². The van der Waals surface area contributed by atoms with E-state index in [-0.39, 0.29) is 23.8 Å². The molecule has 2 amide bonds. The zero-order valence-electron chi connectivity index (χ0n) is 16.0. The molecule has 1 aromatic rings. The number of allylic oxidation sites excluding steroid dienone is 1. The number of hydrogen-bond acceptors (Lipinski definition) is 7. The third kappa shape index (κ3) is 4.45. The Kier molecular flexibility index (Phi) is 5.86. The summed E-state index contributed by atoms with van der Waals surface area (Å²) in [6.07, 6.45) is 3.47. The average Bonchev–Trinajstić information content (AvgIpc) is 3.32. The molecular weight excluding hydrogens is 414 g/mol. The van der Waals surface area contributed by atoms with Gasteiger partial charge in [0.25, 0.3) is 0 Å². The minimum Gasteiger partial charge on any atom is -0.442 e. The van der Waals surface area contributed by atoms with Gasteiger partial charge in [-0.25, -0.2) is 4.79 Å².